The third-order valence-corrected chi connectivity index (χ3v) is 4.28. The molecule has 0 unspecified atom stereocenters. The van der Waals surface area contributed by atoms with Crippen molar-refractivity contribution in [1.29, 1.82) is 0 Å². The number of benzene rings is 2. The third-order valence-electron chi connectivity index (χ3n) is 3.01. The second-order valence-corrected chi connectivity index (χ2v) is 6.45. The Morgan fingerprint density at radius 2 is 1.67 bits per heavy atom. The molecule has 0 radical (unpaired) electrons. The number of carbonyl (C=O) groups excluding carboxylic acids is 1. The highest BCUT2D eigenvalue weighted by molar-refractivity contribution is 7.99. The molecule has 0 bridgehead atoms. The fourth-order valence-corrected chi connectivity index (χ4v) is 2.78. The van der Waals surface area contributed by atoms with Crippen molar-refractivity contribution in [3.8, 4) is 11.5 Å². The molecule has 2 aromatic carbocycles. The zero-order valence-corrected chi connectivity index (χ0v) is 15.0. The Hall–Kier alpha value is -1.85. The highest BCUT2D eigenvalue weighted by atomic mass is 35.5. The Balaban J connectivity index is 1.61. The molecule has 0 saturated heterocycles. The van der Waals surface area contributed by atoms with Crippen molar-refractivity contribution < 1.29 is 14.3 Å². The summed E-state index contributed by atoms with van der Waals surface area (Å²) in [5.74, 6) is 2.08. The summed E-state index contributed by atoms with van der Waals surface area (Å²) in [5, 5.41) is 3.55. The predicted molar refractivity (Wildman–Crippen MR) is 98.3 cm³/mol. The van der Waals surface area contributed by atoms with Crippen molar-refractivity contribution in [3.63, 3.8) is 0 Å². The monoisotopic (exact) mass is 365 g/mol. The minimum absolute atomic E-state index is 0.000404. The van der Waals surface area contributed by atoms with E-state index in [9.17, 15) is 4.79 Å². The molecule has 128 valence electrons. The van der Waals surface area contributed by atoms with Crippen LogP contribution in [0.2, 0.25) is 5.02 Å². The van der Waals surface area contributed by atoms with Crippen LogP contribution in [-0.4, -0.2) is 31.4 Å². The van der Waals surface area contributed by atoms with E-state index in [4.69, 9.17) is 21.1 Å². The summed E-state index contributed by atoms with van der Waals surface area (Å²) in [6.07, 6.45) is 0. The van der Waals surface area contributed by atoms with E-state index < -0.39 is 0 Å². The molecule has 2 rings (SSSR count). The molecular weight excluding hydrogens is 346 g/mol. The quantitative estimate of drug-likeness (QED) is 0.538. The van der Waals surface area contributed by atoms with Crippen molar-refractivity contribution >= 4 is 29.3 Å². The summed E-state index contributed by atoms with van der Waals surface area (Å²) in [4.78, 5) is 12.9. The lowest BCUT2D eigenvalue weighted by atomic mass is 10.3. The summed E-state index contributed by atoms with van der Waals surface area (Å²) in [6, 6.07) is 14.8. The van der Waals surface area contributed by atoms with Gasteiger partial charge in [0, 0.05) is 22.2 Å². The highest BCUT2D eigenvalue weighted by Gasteiger charge is 2.03. The zero-order valence-electron chi connectivity index (χ0n) is 13.5. The third kappa shape index (κ3) is 6.72. The SMILES string of the molecule is CCOc1ccc(OCC(=O)NCCSc2ccc(Cl)cc2)cc1. The Labute approximate surface area is 151 Å². The maximum Gasteiger partial charge on any atom is 0.257 e. The first-order valence-corrected chi connectivity index (χ1v) is 9.04. The number of hydrogen-bond acceptors (Lipinski definition) is 4. The van der Waals surface area contributed by atoms with Gasteiger partial charge in [0.05, 0.1) is 6.61 Å². The average Bonchev–Trinajstić information content (AvgIpc) is 2.60. The first kappa shape index (κ1) is 18.5. The van der Waals surface area contributed by atoms with Crippen LogP contribution in [0.15, 0.2) is 53.4 Å². The maximum atomic E-state index is 11.8. The van der Waals surface area contributed by atoms with Gasteiger partial charge in [-0.05, 0) is 55.5 Å². The molecular formula is C18H20ClNO3S. The molecule has 0 saturated carbocycles. The van der Waals surface area contributed by atoms with Crippen molar-refractivity contribution in [2.75, 3.05) is 25.5 Å². The van der Waals surface area contributed by atoms with Crippen LogP contribution >= 0.6 is 23.4 Å². The number of ether oxygens (including phenoxy) is 2. The second kappa shape index (κ2) is 10.1. The number of nitrogens with one attached hydrogen (secondary N) is 1. The standard InChI is InChI=1S/C18H20ClNO3S/c1-2-22-15-5-7-16(8-6-15)23-13-18(21)20-11-12-24-17-9-3-14(19)4-10-17/h3-10H,2,11-13H2,1H3,(H,20,21). The number of amides is 1. The fraction of sp³-hybridized carbons (Fsp3) is 0.278. The van der Waals surface area contributed by atoms with Crippen molar-refractivity contribution in [3.05, 3.63) is 53.6 Å². The molecule has 6 heteroatoms. The van der Waals surface area contributed by atoms with Crippen molar-refractivity contribution in [2.24, 2.45) is 0 Å². The number of hydrogen-bond donors (Lipinski definition) is 1. The first-order chi connectivity index (χ1) is 11.7. The van der Waals surface area contributed by atoms with Crippen molar-refractivity contribution in [2.45, 2.75) is 11.8 Å². The molecule has 1 N–H and O–H groups in total. The molecule has 0 fully saturated rings. The molecule has 0 spiro atoms. The van der Waals surface area contributed by atoms with Gasteiger partial charge in [-0.1, -0.05) is 11.6 Å². The molecule has 24 heavy (non-hydrogen) atoms. The van der Waals surface area contributed by atoms with Gasteiger partial charge in [-0.3, -0.25) is 4.79 Å². The van der Waals surface area contributed by atoms with E-state index in [1.165, 1.54) is 0 Å². The predicted octanol–water partition coefficient (Wildman–Crippen LogP) is 4.03. The van der Waals surface area contributed by atoms with Crippen molar-refractivity contribution in [1.82, 2.24) is 5.32 Å². The van der Waals surface area contributed by atoms with Crippen LogP contribution in [-0.2, 0) is 4.79 Å². The van der Waals surface area contributed by atoms with Gasteiger partial charge in [0.2, 0.25) is 0 Å². The molecule has 2 aromatic rings. The van der Waals surface area contributed by atoms with E-state index in [0.717, 1.165) is 21.4 Å². The summed E-state index contributed by atoms with van der Waals surface area (Å²) >= 11 is 7.50. The van der Waals surface area contributed by atoms with E-state index in [1.54, 1.807) is 23.9 Å². The van der Waals surface area contributed by atoms with Crippen LogP contribution in [0.5, 0.6) is 11.5 Å². The zero-order chi connectivity index (χ0) is 17.2. The molecule has 0 aliphatic heterocycles. The molecule has 1 amide bonds. The molecule has 0 aromatic heterocycles. The summed E-state index contributed by atoms with van der Waals surface area (Å²) < 4.78 is 10.8. The summed E-state index contributed by atoms with van der Waals surface area (Å²) in [5.41, 5.74) is 0. The average molecular weight is 366 g/mol. The van der Waals surface area contributed by atoms with Crippen LogP contribution in [0, 0.1) is 0 Å². The van der Waals surface area contributed by atoms with E-state index >= 15 is 0 Å². The number of rotatable bonds is 9. The smallest absolute Gasteiger partial charge is 0.257 e. The van der Waals surface area contributed by atoms with Crippen LogP contribution in [0.1, 0.15) is 6.92 Å². The molecule has 0 heterocycles. The van der Waals surface area contributed by atoms with Gasteiger partial charge < -0.3 is 14.8 Å². The Bertz CT molecular complexity index is 632. The van der Waals surface area contributed by atoms with Crippen LogP contribution < -0.4 is 14.8 Å². The Morgan fingerprint density at radius 1 is 1.04 bits per heavy atom. The summed E-state index contributed by atoms with van der Waals surface area (Å²) in [7, 11) is 0. The van der Waals surface area contributed by atoms with Crippen LogP contribution in [0.25, 0.3) is 0 Å². The second-order valence-electron chi connectivity index (χ2n) is 4.85. The Kier molecular flexibility index (Phi) is 7.79. The van der Waals surface area contributed by atoms with E-state index in [1.807, 2.05) is 43.3 Å². The Morgan fingerprint density at radius 3 is 2.29 bits per heavy atom. The van der Waals surface area contributed by atoms with Gasteiger partial charge in [-0.15, -0.1) is 11.8 Å². The minimum Gasteiger partial charge on any atom is -0.494 e. The van der Waals surface area contributed by atoms with E-state index in [0.29, 0.717) is 18.9 Å². The van der Waals surface area contributed by atoms with Crippen LogP contribution in [0.4, 0.5) is 0 Å². The minimum atomic E-state index is -0.138. The molecule has 4 nitrogen and oxygen atoms in total. The molecule has 0 atom stereocenters. The number of thioether (sulfide) groups is 1. The maximum absolute atomic E-state index is 11.8. The highest BCUT2D eigenvalue weighted by Crippen LogP contribution is 2.19. The van der Waals surface area contributed by atoms with Gasteiger partial charge in [0.1, 0.15) is 11.5 Å². The normalized spacial score (nSPS) is 10.2. The fourth-order valence-electron chi connectivity index (χ4n) is 1.89. The lowest BCUT2D eigenvalue weighted by Gasteiger charge is -2.08. The van der Waals surface area contributed by atoms with E-state index in [-0.39, 0.29) is 12.5 Å². The number of carbonyl (C=O) groups is 1. The number of halogens is 1. The lowest BCUT2D eigenvalue weighted by Crippen LogP contribution is -2.30. The largest absolute Gasteiger partial charge is 0.494 e. The first-order valence-electron chi connectivity index (χ1n) is 7.68. The van der Waals surface area contributed by atoms with Gasteiger partial charge in [-0.2, -0.15) is 0 Å². The van der Waals surface area contributed by atoms with Gasteiger partial charge in [0.15, 0.2) is 6.61 Å². The van der Waals surface area contributed by atoms with Crippen LogP contribution in [0.3, 0.4) is 0 Å². The van der Waals surface area contributed by atoms with Gasteiger partial charge in [-0.25, -0.2) is 0 Å². The lowest BCUT2D eigenvalue weighted by molar-refractivity contribution is -0.122. The molecule has 0 aliphatic rings. The summed E-state index contributed by atoms with van der Waals surface area (Å²) in [6.45, 7) is 3.13. The van der Waals surface area contributed by atoms with Gasteiger partial charge >= 0.3 is 0 Å². The molecule has 0 aliphatic carbocycles. The topological polar surface area (TPSA) is 47.6 Å². The van der Waals surface area contributed by atoms with Gasteiger partial charge in [0.25, 0.3) is 5.91 Å². The van der Waals surface area contributed by atoms with E-state index in [2.05, 4.69) is 5.32 Å².